The van der Waals surface area contributed by atoms with E-state index in [0.29, 0.717) is 31.2 Å². The highest BCUT2D eigenvalue weighted by atomic mass is 35.5. The Morgan fingerprint density at radius 3 is 2.58 bits per heavy atom. The maximum absolute atomic E-state index is 12.8. The number of nitrogens with one attached hydrogen (secondary N) is 1. The second-order valence-electron chi connectivity index (χ2n) is 5.88. The van der Waals surface area contributed by atoms with Crippen molar-refractivity contribution in [2.24, 2.45) is 0 Å². The summed E-state index contributed by atoms with van der Waals surface area (Å²) in [6.45, 7) is 2.39. The van der Waals surface area contributed by atoms with Gasteiger partial charge in [-0.05, 0) is 18.2 Å². The molecule has 1 aliphatic rings. The second-order valence-corrected chi connectivity index (χ2v) is 7.32. The van der Waals surface area contributed by atoms with E-state index in [9.17, 15) is 13.6 Å². The lowest BCUT2D eigenvalue weighted by molar-refractivity contribution is 0.146. The number of H-pyrrole nitrogens is 1. The van der Waals surface area contributed by atoms with Crippen molar-refractivity contribution in [1.29, 1.82) is 0 Å². The number of benzene rings is 1. The minimum atomic E-state index is -2.77. The second kappa shape index (κ2) is 6.81. The van der Waals surface area contributed by atoms with Gasteiger partial charge in [0.1, 0.15) is 5.69 Å². The number of alkyl halides is 2. The Bertz CT molecular complexity index is 1000. The molecule has 2 aromatic heterocycles. The van der Waals surface area contributed by atoms with Crippen molar-refractivity contribution in [3.8, 4) is 0 Å². The van der Waals surface area contributed by atoms with Crippen LogP contribution in [0.3, 0.4) is 0 Å². The lowest BCUT2D eigenvalue weighted by atomic mass is 10.3. The van der Waals surface area contributed by atoms with Crippen LogP contribution in [0.5, 0.6) is 0 Å². The normalized spacial score (nSPS) is 15.2. The van der Waals surface area contributed by atoms with Crippen LogP contribution in [0.15, 0.2) is 29.1 Å². The lowest BCUT2D eigenvalue weighted by Gasteiger charge is -2.34. The summed E-state index contributed by atoms with van der Waals surface area (Å²) >= 11 is 7.58. The number of aromatic nitrogens is 3. The average molecular weight is 398 g/mol. The fourth-order valence-electron chi connectivity index (χ4n) is 2.86. The van der Waals surface area contributed by atoms with Gasteiger partial charge in [0, 0.05) is 37.3 Å². The molecule has 4 rings (SSSR count). The summed E-state index contributed by atoms with van der Waals surface area (Å²) in [6.07, 6.45) is -2.77. The van der Waals surface area contributed by atoms with E-state index in [1.165, 1.54) is 0 Å². The van der Waals surface area contributed by atoms with Crippen molar-refractivity contribution in [1.82, 2.24) is 15.0 Å². The van der Waals surface area contributed by atoms with Crippen molar-refractivity contribution in [3.63, 3.8) is 0 Å². The number of rotatable bonds is 3. The number of halogens is 3. The third-order valence-electron chi connectivity index (χ3n) is 4.16. The van der Waals surface area contributed by atoms with Crippen molar-refractivity contribution in [2.45, 2.75) is 6.43 Å². The monoisotopic (exact) mass is 397 g/mol. The highest BCUT2D eigenvalue weighted by Gasteiger charge is 2.22. The molecule has 0 atom stereocenters. The van der Waals surface area contributed by atoms with E-state index in [-0.39, 0.29) is 5.95 Å². The molecule has 1 aliphatic heterocycles. The number of hydrogen-bond acceptors (Lipinski definition) is 6. The standard InChI is InChI=1S/C16H14ClF2N5OS/c17-9-1-2-10-12(7-9)26-16(21-10)24-5-3-23(4-6-24)15-20-11(14(18)19)8-13(25)22-15/h1-2,7-8,14H,3-6H2,(H,20,22,25). The van der Waals surface area contributed by atoms with E-state index < -0.39 is 17.7 Å². The summed E-state index contributed by atoms with van der Waals surface area (Å²) in [7, 11) is 0. The van der Waals surface area contributed by atoms with Crippen LogP contribution >= 0.6 is 22.9 Å². The quantitative estimate of drug-likeness (QED) is 0.734. The molecule has 26 heavy (non-hydrogen) atoms. The molecule has 1 fully saturated rings. The molecule has 1 saturated heterocycles. The number of thiazole rings is 1. The van der Waals surface area contributed by atoms with Gasteiger partial charge < -0.3 is 9.80 Å². The predicted molar refractivity (Wildman–Crippen MR) is 98.9 cm³/mol. The molecule has 3 heterocycles. The molecule has 1 aromatic carbocycles. The number of fused-ring (bicyclic) bond motifs is 1. The predicted octanol–water partition coefficient (Wildman–Crippen LogP) is 3.30. The van der Waals surface area contributed by atoms with E-state index in [2.05, 4.69) is 19.9 Å². The Morgan fingerprint density at radius 2 is 1.85 bits per heavy atom. The van der Waals surface area contributed by atoms with Crippen LogP contribution in [0.4, 0.5) is 19.9 Å². The summed E-state index contributed by atoms with van der Waals surface area (Å²) in [5, 5.41) is 1.57. The third-order valence-corrected chi connectivity index (χ3v) is 5.48. The Labute approximate surface area is 156 Å². The lowest BCUT2D eigenvalue weighted by Crippen LogP contribution is -2.47. The number of hydrogen-bond donors (Lipinski definition) is 1. The number of anilines is 2. The third kappa shape index (κ3) is 3.36. The molecule has 10 heteroatoms. The molecule has 0 unspecified atom stereocenters. The van der Waals surface area contributed by atoms with Gasteiger partial charge in [0.25, 0.3) is 12.0 Å². The van der Waals surface area contributed by atoms with Crippen LogP contribution in [0.25, 0.3) is 10.2 Å². The molecule has 0 radical (unpaired) electrons. The van der Waals surface area contributed by atoms with Crippen LogP contribution in [0, 0.1) is 0 Å². The maximum Gasteiger partial charge on any atom is 0.280 e. The van der Waals surface area contributed by atoms with Crippen LogP contribution in [-0.2, 0) is 0 Å². The minimum absolute atomic E-state index is 0.184. The van der Waals surface area contributed by atoms with E-state index in [1.54, 1.807) is 16.2 Å². The van der Waals surface area contributed by atoms with Crippen LogP contribution in [0.2, 0.25) is 5.02 Å². The van der Waals surface area contributed by atoms with Gasteiger partial charge >= 0.3 is 0 Å². The zero-order chi connectivity index (χ0) is 18.3. The highest BCUT2D eigenvalue weighted by Crippen LogP contribution is 2.31. The number of aromatic amines is 1. The topological polar surface area (TPSA) is 65.1 Å². The molecule has 3 aromatic rings. The Kier molecular flexibility index (Phi) is 4.49. The van der Waals surface area contributed by atoms with Gasteiger partial charge in [-0.15, -0.1) is 0 Å². The summed E-state index contributed by atoms with van der Waals surface area (Å²) in [6, 6.07) is 6.41. The van der Waals surface area contributed by atoms with Gasteiger partial charge in [0.2, 0.25) is 5.95 Å². The smallest absolute Gasteiger partial charge is 0.280 e. The van der Waals surface area contributed by atoms with Crippen LogP contribution in [0.1, 0.15) is 12.1 Å². The Hall–Kier alpha value is -2.26. The zero-order valence-corrected chi connectivity index (χ0v) is 15.0. The first kappa shape index (κ1) is 17.2. The van der Waals surface area contributed by atoms with Gasteiger partial charge in [-0.3, -0.25) is 9.78 Å². The molecular formula is C16H14ClF2N5OS. The summed E-state index contributed by atoms with van der Waals surface area (Å²) in [5.74, 6) is 0.184. The first-order valence-corrected chi connectivity index (χ1v) is 9.14. The fourth-order valence-corrected chi connectivity index (χ4v) is 4.15. The van der Waals surface area contributed by atoms with E-state index >= 15 is 0 Å². The van der Waals surface area contributed by atoms with Crippen LogP contribution < -0.4 is 15.4 Å². The molecule has 0 amide bonds. The summed E-state index contributed by atoms with van der Waals surface area (Å²) in [5.41, 5.74) is -0.183. The first-order chi connectivity index (χ1) is 12.5. The van der Waals surface area contributed by atoms with E-state index in [4.69, 9.17) is 11.6 Å². The molecule has 0 bridgehead atoms. The highest BCUT2D eigenvalue weighted by molar-refractivity contribution is 7.22. The van der Waals surface area contributed by atoms with Crippen molar-refractivity contribution in [2.75, 3.05) is 36.0 Å². The molecule has 0 saturated carbocycles. The van der Waals surface area contributed by atoms with Gasteiger partial charge in [0.05, 0.1) is 10.2 Å². The molecule has 0 aliphatic carbocycles. The Balaban J connectivity index is 1.51. The molecular weight excluding hydrogens is 384 g/mol. The first-order valence-electron chi connectivity index (χ1n) is 7.95. The maximum atomic E-state index is 12.8. The average Bonchev–Trinajstić information content (AvgIpc) is 3.04. The van der Waals surface area contributed by atoms with E-state index in [1.807, 2.05) is 18.2 Å². The SMILES string of the molecule is O=c1cc(C(F)F)nc(N2CCN(c3nc4ccc(Cl)cc4s3)CC2)[nH]1. The van der Waals surface area contributed by atoms with E-state index in [0.717, 1.165) is 21.4 Å². The molecule has 1 N–H and O–H groups in total. The summed E-state index contributed by atoms with van der Waals surface area (Å²) in [4.78, 5) is 26.5. The minimum Gasteiger partial charge on any atom is -0.345 e. The van der Waals surface area contributed by atoms with Crippen LogP contribution in [-0.4, -0.2) is 41.1 Å². The van der Waals surface area contributed by atoms with Crippen molar-refractivity contribution < 1.29 is 8.78 Å². The van der Waals surface area contributed by atoms with Gasteiger partial charge in [0.15, 0.2) is 5.13 Å². The zero-order valence-electron chi connectivity index (χ0n) is 13.5. The van der Waals surface area contributed by atoms with Crippen molar-refractivity contribution in [3.05, 3.63) is 45.3 Å². The van der Waals surface area contributed by atoms with Gasteiger partial charge in [-0.2, -0.15) is 0 Å². The van der Waals surface area contributed by atoms with Gasteiger partial charge in [-0.1, -0.05) is 22.9 Å². The fraction of sp³-hybridized carbons (Fsp3) is 0.312. The number of nitrogens with zero attached hydrogens (tertiary/aromatic N) is 4. The van der Waals surface area contributed by atoms with Crippen molar-refractivity contribution >= 4 is 44.2 Å². The Morgan fingerprint density at radius 1 is 1.12 bits per heavy atom. The summed E-state index contributed by atoms with van der Waals surface area (Å²) < 4.78 is 26.7. The molecule has 6 nitrogen and oxygen atoms in total. The van der Waals surface area contributed by atoms with Gasteiger partial charge in [-0.25, -0.2) is 18.7 Å². The molecule has 0 spiro atoms. The molecule has 136 valence electrons. The largest absolute Gasteiger partial charge is 0.345 e. The number of piperazine rings is 1.